The fourth-order valence-corrected chi connectivity index (χ4v) is 3.87. The summed E-state index contributed by atoms with van der Waals surface area (Å²) in [5.74, 6) is -1.47. The Morgan fingerprint density at radius 1 is 1.23 bits per heavy atom. The molecule has 0 aliphatic heterocycles. The number of allylic oxidation sites excluding steroid dienone is 1. The van der Waals surface area contributed by atoms with Gasteiger partial charge in [-0.3, -0.25) is 4.79 Å². The van der Waals surface area contributed by atoms with Crippen molar-refractivity contribution in [1.29, 1.82) is 0 Å². The Kier molecular flexibility index (Phi) is 8.08. The zero-order chi connectivity index (χ0) is 20.1. The molecule has 144 valence electrons. The molecule has 0 spiro atoms. The van der Waals surface area contributed by atoms with Crippen LogP contribution in [0.15, 0.2) is 24.3 Å². The van der Waals surface area contributed by atoms with Crippen LogP contribution in [0.3, 0.4) is 0 Å². The Bertz CT molecular complexity index is 693. The van der Waals surface area contributed by atoms with Crippen LogP contribution < -0.4 is 5.11 Å². The van der Waals surface area contributed by atoms with Crippen molar-refractivity contribution in [2.75, 3.05) is 0 Å². The maximum Gasteiger partial charge on any atom is 0.192 e. The summed E-state index contributed by atoms with van der Waals surface area (Å²) in [6.45, 7) is 10.2. The fourth-order valence-electron chi connectivity index (χ4n) is 2.05. The molecule has 0 unspecified atom stereocenters. The van der Waals surface area contributed by atoms with Crippen molar-refractivity contribution in [1.82, 2.24) is 0 Å². The van der Waals surface area contributed by atoms with Crippen LogP contribution in [-0.4, -0.2) is 26.2 Å². The largest absolute Gasteiger partial charge is 0.550 e. The van der Waals surface area contributed by atoms with Crippen molar-refractivity contribution in [2.24, 2.45) is 0 Å². The van der Waals surface area contributed by atoms with Gasteiger partial charge in [0.2, 0.25) is 0 Å². The molecule has 0 saturated heterocycles. The number of halogens is 2. The van der Waals surface area contributed by atoms with E-state index in [0.717, 1.165) is 0 Å². The van der Waals surface area contributed by atoms with Crippen LogP contribution in [-0.2, 0) is 14.0 Å². The zero-order valence-corrected chi connectivity index (χ0v) is 18.3. The van der Waals surface area contributed by atoms with E-state index >= 15 is 0 Å². The summed E-state index contributed by atoms with van der Waals surface area (Å²) in [5, 5.41) is 11.9. The quantitative estimate of drug-likeness (QED) is 0.462. The minimum Gasteiger partial charge on any atom is -0.550 e. The van der Waals surface area contributed by atoms with Gasteiger partial charge in [-0.1, -0.05) is 50.0 Å². The molecule has 0 fully saturated rings. The molecule has 0 aromatic heterocycles. The van der Waals surface area contributed by atoms with E-state index in [1.54, 1.807) is 24.3 Å². The molecule has 0 heterocycles. The first-order valence-electron chi connectivity index (χ1n) is 8.35. The molecular formula is C19H25Cl2O4Si-. The summed E-state index contributed by atoms with van der Waals surface area (Å²) in [5.41, 5.74) is 0.659. The van der Waals surface area contributed by atoms with Crippen molar-refractivity contribution >= 4 is 49.3 Å². The van der Waals surface area contributed by atoms with E-state index in [-0.39, 0.29) is 23.7 Å². The van der Waals surface area contributed by atoms with Crippen molar-refractivity contribution in [3.63, 3.8) is 0 Å². The standard InChI is InChI=1S/C19H26Cl2O4Si/c1-19(2,3)26(4,5)25-16(12-18(23)24)11-15(22)9-7-13-6-8-14(20)10-17(13)21/h6-10,16H,11-12H2,1-5H3,(H,23,24)/p-1/b9-7+/t16-/m1/s1. The number of carboxylic acids is 1. The summed E-state index contributed by atoms with van der Waals surface area (Å²) < 4.78 is 6.10. The fraction of sp³-hybridized carbons (Fsp3) is 0.474. The normalized spacial score (nSPS) is 13.8. The predicted molar refractivity (Wildman–Crippen MR) is 107 cm³/mol. The second-order valence-electron chi connectivity index (χ2n) is 7.75. The lowest BCUT2D eigenvalue weighted by Crippen LogP contribution is -2.45. The lowest BCUT2D eigenvalue weighted by atomic mass is 10.1. The highest BCUT2D eigenvalue weighted by Gasteiger charge is 2.39. The van der Waals surface area contributed by atoms with Gasteiger partial charge in [0.25, 0.3) is 0 Å². The van der Waals surface area contributed by atoms with Gasteiger partial charge in [0.15, 0.2) is 14.1 Å². The SMILES string of the molecule is CC(C)(C)[Si](C)(C)O[C@@H](CC(=O)[O-])CC(=O)/C=C/c1ccc(Cl)cc1Cl. The van der Waals surface area contributed by atoms with Gasteiger partial charge < -0.3 is 14.3 Å². The first-order chi connectivity index (χ1) is 11.8. The van der Waals surface area contributed by atoms with Crippen LogP contribution in [0.1, 0.15) is 39.2 Å². The molecule has 0 aliphatic carbocycles. The van der Waals surface area contributed by atoms with E-state index in [2.05, 4.69) is 20.8 Å². The summed E-state index contributed by atoms with van der Waals surface area (Å²) >= 11 is 11.9. The van der Waals surface area contributed by atoms with Crippen molar-refractivity contribution in [2.45, 2.75) is 57.8 Å². The van der Waals surface area contributed by atoms with Crippen LogP contribution in [0.5, 0.6) is 0 Å². The highest BCUT2D eigenvalue weighted by Crippen LogP contribution is 2.38. The minimum atomic E-state index is -2.21. The molecule has 7 heteroatoms. The van der Waals surface area contributed by atoms with Crippen molar-refractivity contribution in [3.8, 4) is 0 Å². The molecular weight excluding hydrogens is 391 g/mol. The monoisotopic (exact) mass is 415 g/mol. The van der Waals surface area contributed by atoms with E-state index in [9.17, 15) is 14.7 Å². The molecule has 0 saturated carbocycles. The van der Waals surface area contributed by atoms with E-state index in [1.165, 1.54) is 6.08 Å². The highest BCUT2D eigenvalue weighted by molar-refractivity contribution is 6.74. The number of hydrogen-bond acceptors (Lipinski definition) is 4. The number of rotatable bonds is 8. The molecule has 4 nitrogen and oxygen atoms in total. The van der Waals surface area contributed by atoms with Crippen LogP contribution in [0.4, 0.5) is 0 Å². The maximum absolute atomic E-state index is 12.3. The Hall–Kier alpha value is -1.14. The van der Waals surface area contributed by atoms with Gasteiger partial charge in [0.05, 0.1) is 6.10 Å². The van der Waals surface area contributed by atoms with E-state index < -0.39 is 20.4 Å². The minimum absolute atomic E-state index is 0.0256. The molecule has 26 heavy (non-hydrogen) atoms. The van der Waals surface area contributed by atoms with E-state index in [1.807, 2.05) is 13.1 Å². The number of carboxylic acid groups (broad SMARTS) is 1. The van der Waals surface area contributed by atoms with Gasteiger partial charge in [-0.2, -0.15) is 0 Å². The van der Waals surface area contributed by atoms with Gasteiger partial charge in [-0.25, -0.2) is 0 Å². The number of aliphatic carboxylic acids is 1. The summed E-state index contributed by atoms with van der Waals surface area (Å²) in [6.07, 6.45) is 1.92. The second-order valence-corrected chi connectivity index (χ2v) is 13.3. The molecule has 0 N–H and O–H groups in total. The Morgan fingerprint density at radius 3 is 2.35 bits per heavy atom. The third-order valence-corrected chi connectivity index (χ3v) is 9.60. The summed E-state index contributed by atoms with van der Waals surface area (Å²) in [4.78, 5) is 23.3. The van der Waals surface area contributed by atoms with Crippen molar-refractivity contribution < 1.29 is 19.1 Å². The molecule has 1 atom stereocenters. The number of hydrogen-bond donors (Lipinski definition) is 0. The molecule has 0 radical (unpaired) electrons. The lowest BCUT2D eigenvalue weighted by molar-refractivity contribution is -0.307. The maximum atomic E-state index is 12.3. The van der Waals surface area contributed by atoms with Gasteiger partial charge in [0.1, 0.15) is 0 Å². The van der Waals surface area contributed by atoms with Gasteiger partial charge in [-0.05, 0) is 48.0 Å². The van der Waals surface area contributed by atoms with Crippen molar-refractivity contribution in [3.05, 3.63) is 39.9 Å². The van der Waals surface area contributed by atoms with Crippen LogP contribution in [0.25, 0.3) is 6.08 Å². The third-order valence-electron chi connectivity index (χ3n) is 4.50. The molecule has 0 aliphatic rings. The smallest absolute Gasteiger partial charge is 0.192 e. The molecule has 0 amide bonds. The Balaban J connectivity index is 2.85. The van der Waals surface area contributed by atoms with E-state index in [0.29, 0.717) is 15.6 Å². The van der Waals surface area contributed by atoms with Crippen LogP contribution in [0, 0.1) is 0 Å². The van der Waals surface area contributed by atoms with Gasteiger partial charge in [-0.15, -0.1) is 0 Å². The first-order valence-corrected chi connectivity index (χ1v) is 12.0. The Labute approximate surface area is 166 Å². The average Bonchev–Trinajstić information content (AvgIpc) is 2.43. The highest BCUT2D eigenvalue weighted by atomic mass is 35.5. The van der Waals surface area contributed by atoms with Crippen LogP contribution in [0.2, 0.25) is 28.2 Å². The average molecular weight is 416 g/mol. The number of carbonyl (C=O) groups is 2. The van der Waals surface area contributed by atoms with Crippen LogP contribution >= 0.6 is 23.2 Å². The molecule has 1 aromatic rings. The van der Waals surface area contributed by atoms with E-state index in [4.69, 9.17) is 27.6 Å². The number of ketones is 1. The number of carbonyl (C=O) groups excluding carboxylic acids is 2. The topological polar surface area (TPSA) is 66.4 Å². The third kappa shape index (κ3) is 7.23. The predicted octanol–water partition coefficient (Wildman–Crippen LogP) is 4.50. The zero-order valence-electron chi connectivity index (χ0n) is 15.8. The lowest BCUT2D eigenvalue weighted by Gasteiger charge is -2.39. The van der Waals surface area contributed by atoms with Gasteiger partial charge in [0, 0.05) is 28.9 Å². The molecule has 1 rings (SSSR count). The Morgan fingerprint density at radius 2 is 1.85 bits per heavy atom. The summed E-state index contributed by atoms with van der Waals surface area (Å²) in [6, 6.07) is 4.98. The molecule has 1 aromatic carbocycles. The number of benzene rings is 1. The molecule has 0 bridgehead atoms. The first kappa shape index (κ1) is 22.9. The van der Waals surface area contributed by atoms with Gasteiger partial charge >= 0.3 is 0 Å². The summed E-state index contributed by atoms with van der Waals surface area (Å²) in [7, 11) is -2.21. The second kappa shape index (κ2) is 9.18.